The summed E-state index contributed by atoms with van der Waals surface area (Å²) in [6.45, 7) is 5.30. The first kappa shape index (κ1) is 23.3. The fourth-order valence-corrected chi connectivity index (χ4v) is 3.87. The Morgan fingerprint density at radius 2 is 1.91 bits per heavy atom. The predicted molar refractivity (Wildman–Crippen MR) is 125 cm³/mol. The standard InChI is InChI=1S/C25H27N3O6/c1-25(2,3)34-24(31)28-14-16(12-21(28)23(29)30)33-22-13-20(18-7-5-6-10-26-18)27-19-11-15(32-4)8-9-17(19)22/h5-11,13,16,21H,12,14H2,1-4H3,(H,29,30). The molecule has 34 heavy (non-hydrogen) atoms. The van der Waals surface area contributed by atoms with E-state index in [0.717, 1.165) is 5.39 Å². The van der Waals surface area contributed by atoms with Crippen molar-refractivity contribution in [3.05, 3.63) is 48.7 Å². The predicted octanol–water partition coefficient (Wildman–Crippen LogP) is 4.15. The molecule has 1 amide bonds. The Hall–Kier alpha value is -3.88. The smallest absolute Gasteiger partial charge is 0.411 e. The minimum Gasteiger partial charge on any atom is -0.497 e. The van der Waals surface area contributed by atoms with Gasteiger partial charge in [0.2, 0.25) is 0 Å². The molecule has 0 aliphatic carbocycles. The van der Waals surface area contributed by atoms with Crippen LogP contribution in [0.1, 0.15) is 27.2 Å². The molecule has 3 aromatic rings. The number of benzene rings is 1. The van der Waals surface area contributed by atoms with Gasteiger partial charge in [-0.15, -0.1) is 0 Å². The number of hydrogen-bond acceptors (Lipinski definition) is 7. The number of pyridine rings is 2. The Morgan fingerprint density at radius 3 is 2.56 bits per heavy atom. The monoisotopic (exact) mass is 465 g/mol. The highest BCUT2D eigenvalue weighted by molar-refractivity contribution is 5.89. The third-order valence-electron chi connectivity index (χ3n) is 5.38. The minimum absolute atomic E-state index is 0.0881. The molecule has 1 aromatic carbocycles. The van der Waals surface area contributed by atoms with E-state index in [-0.39, 0.29) is 13.0 Å². The molecular weight excluding hydrogens is 438 g/mol. The first-order chi connectivity index (χ1) is 16.1. The Kier molecular flexibility index (Phi) is 6.28. The van der Waals surface area contributed by atoms with Crippen LogP contribution < -0.4 is 9.47 Å². The lowest BCUT2D eigenvalue weighted by Gasteiger charge is -2.26. The number of nitrogens with zero attached hydrogens (tertiary/aromatic N) is 3. The van der Waals surface area contributed by atoms with Gasteiger partial charge in [0.1, 0.15) is 29.2 Å². The topological polar surface area (TPSA) is 111 Å². The lowest BCUT2D eigenvalue weighted by atomic mass is 10.1. The number of aliphatic carboxylic acids is 1. The maximum Gasteiger partial charge on any atom is 0.411 e. The summed E-state index contributed by atoms with van der Waals surface area (Å²) in [6.07, 6.45) is 0.593. The van der Waals surface area contributed by atoms with Crippen molar-refractivity contribution in [1.29, 1.82) is 0 Å². The zero-order valence-corrected chi connectivity index (χ0v) is 19.5. The Morgan fingerprint density at radius 1 is 1.12 bits per heavy atom. The van der Waals surface area contributed by atoms with E-state index in [0.29, 0.717) is 28.4 Å². The average molecular weight is 466 g/mol. The second-order valence-electron chi connectivity index (χ2n) is 9.07. The van der Waals surface area contributed by atoms with Gasteiger partial charge in [0.15, 0.2) is 0 Å². The lowest BCUT2D eigenvalue weighted by Crippen LogP contribution is -2.43. The van der Waals surface area contributed by atoms with Crippen LogP contribution in [0.2, 0.25) is 0 Å². The number of carbonyl (C=O) groups excluding carboxylic acids is 1. The summed E-state index contributed by atoms with van der Waals surface area (Å²) >= 11 is 0. The number of amides is 1. The van der Waals surface area contributed by atoms with Crippen LogP contribution in [0.15, 0.2) is 48.7 Å². The molecular formula is C25H27N3O6. The van der Waals surface area contributed by atoms with Gasteiger partial charge in [-0.2, -0.15) is 0 Å². The van der Waals surface area contributed by atoms with E-state index in [4.69, 9.17) is 19.2 Å². The van der Waals surface area contributed by atoms with E-state index in [1.54, 1.807) is 52.3 Å². The number of carboxylic acid groups (broad SMARTS) is 1. The molecule has 178 valence electrons. The van der Waals surface area contributed by atoms with Gasteiger partial charge < -0.3 is 19.3 Å². The van der Waals surface area contributed by atoms with Crippen LogP contribution in [0.25, 0.3) is 22.3 Å². The molecule has 4 rings (SSSR count). The van der Waals surface area contributed by atoms with Crippen LogP contribution in [0.3, 0.4) is 0 Å². The average Bonchev–Trinajstić information content (AvgIpc) is 3.22. The number of carbonyl (C=O) groups is 2. The van der Waals surface area contributed by atoms with Crippen molar-refractivity contribution in [3.63, 3.8) is 0 Å². The second-order valence-corrected chi connectivity index (χ2v) is 9.07. The molecule has 2 aromatic heterocycles. The van der Waals surface area contributed by atoms with Crippen molar-refractivity contribution in [2.45, 2.75) is 44.9 Å². The van der Waals surface area contributed by atoms with Crippen LogP contribution in [0.4, 0.5) is 4.79 Å². The number of likely N-dealkylation sites (tertiary alicyclic amines) is 1. The van der Waals surface area contributed by atoms with Crippen molar-refractivity contribution in [2.24, 2.45) is 0 Å². The summed E-state index contributed by atoms with van der Waals surface area (Å²) in [5.74, 6) is 0.0657. The number of aromatic nitrogens is 2. The third-order valence-corrected chi connectivity index (χ3v) is 5.38. The first-order valence-corrected chi connectivity index (χ1v) is 10.9. The lowest BCUT2D eigenvalue weighted by molar-refractivity contribution is -0.142. The van der Waals surface area contributed by atoms with Gasteiger partial charge in [-0.05, 0) is 45.0 Å². The molecule has 2 atom stereocenters. The van der Waals surface area contributed by atoms with Gasteiger partial charge >= 0.3 is 12.1 Å². The Labute approximate surface area is 197 Å². The summed E-state index contributed by atoms with van der Waals surface area (Å²) in [6, 6.07) is 11.7. The van der Waals surface area contributed by atoms with Gasteiger partial charge in [0.05, 0.1) is 30.6 Å². The molecule has 1 saturated heterocycles. The number of methoxy groups -OCH3 is 1. The maximum absolute atomic E-state index is 12.6. The highest BCUT2D eigenvalue weighted by Crippen LogP contribution is 2.34. The second kappa shape index (κ2) is 9.17. The van der Waals surface area contributed by atoms with Crippen LogP contribution >= 0.6 is 0 Å². The van der Waals surface area contributed by atoms with Crippen molar-refractivity contribution >= 4 is 23.0 Å². The molecule has 1 fully saturated rings. The number of rotatable bonds is 5. The molecule has 3 heterocycles. The van der Waals surface area contributed by atoms with Crippen molar-refractivity contribution in [3.8, 4) is 22.9 Å². The highest BCUT2D eigenvalue weighted by Gasteiger charge is 2.42. The third kappa shape index (κ3) is 5.03. The number of carboxylic acids is 1. The van der Waals surface area contributed by atoms with Gasteiger partial charge in [-0.25, -0.2) is 14.6 Å². The van der Waals surface area contributed by atoms with E-state index in [1.807, 2.05) is 24.3 Å². The van der Waals surface area contributed by atoms with Gasteiger partial charge in [-0.3, -0.25) is 9.88 Å². The van der Waals surface area contributed by atoms with Crippen LogP contribution in [-0.2, 0) is 9.53 Å². The molecule has 0 spiro atoms. The summed E-state index contributed by atoms with van der Waals surface area (Å²) in [4.78, 5) is 34.8. The van der Waals surface area contributed by atoms with Gasteiger partial charge in [0.25, 0.3) is 0 Å². The van der Waals surface area contributed by atoms with E-state index in [2.05, 4.69) is 4.98 Å². The van der Waals surface area contributed by atoms with Gasteiger partial charge in [-0.1, -0.05) is 6.07 Å². The van der Waals surface area contributed by atoms with Crippen molar-refractivity contribution in [1.82, 2.24) is 14.9 Å². The van der Waals surface area contributed by atoms with Crippen LogP contribution in [0.5, 0.6) is 11.5 Å². The molecule has 1 aliphatic rings. The number of ether oxygens (including phenoxy) is 3. The molecule has 9 heteroatoms. The molecule has 1 aliphatic heterocycles. The molecule has 9 nitrogen and oxygen atoms in total. The van der Waals surface area contributed by atoms with Crippen molar-refractivity contribution < 1.29 is 28.9 Å². The van der Waals surface area contributed by atoms with Gasteiger partial charge in [0, 0.05) is 30.1 Å². The van der Waals surface area contributed by atoms with Crippen LogP contribution in [0, 0.1) is 0 Å². The normalized spacial score (nSPS) is 18.1. The van der Waals surface area contributed by atoms with E-state index >= 15 is 0 Å². The number of fused-ring (bicyclic) bond motifs is 1. The SMILES string of the molecule is COc1ccc2c(OC3CC(C(=O)O)N(C(=O)OC(C)(C)C)C3)cc(-c3ccccn3)nc2c1. The molecule has 2 unspecified atom stereocenters. The largest absolute Gasteiger partial charge is 0.497 e. The summed E-state index contributed by atoms with van der Waals surface area (Å²) < 4.78 is 17.0. The molecule has 0 bridgehead atoms. The zero-order chi connectivity index (χ0) is 24.5. The maximum atomic E-state index is 12.6. The fourth-order valence-electron chi connectivity index (χ4n) is 3.87. The first-order valence-electron chi connectivity index (χ1n) is 10.9. The van der Waals surface area contributed by atoms with Crippen LogP contribution in [-0.4, -0.2) is 63.4 Å². The van der Waals surface area contributed by atoms with E-state index < -0.39 is 29.8 Å². The minimum atomic E-state index is -1.10. The Bertz CT molecular complexity index is 1210. The highest BCUT2D eigenvalue weighted by atomic mass is 16.6. The molecule has 0 saturated carbocycles. The summed E-state index contributed by atoms with van der Waals surface area (Å²) in [7, 11) is 1.58. The molecule has 0 radical (unpaired) electrons. The van der Waals surface area contributed by atoms with Crippen molar-refractivity contribution in [2.75, 3.05) is 13.7 Å². The summed E-state index contributed by atoms with van der Waals surface area (Å²) in [5, 5.41) is 10.4. The Balaban J connectivity index is 1.68. The summed E-state index contributed by atoms with van der Waals surface area (Å²) in [5.41, 5.74) is 1.18. The number of hydrogen-bond donors (Lipinski definition) is 1. The van der Waals surface area contributed by atoms with E-state index in [9.17, 15) is 14.7 Å². The van der Waals surface area contributed by atoms with E-state index in [1.165, 1.54) is 4.90 Å². The quantitative estimate of drug-likeness (QED) is 0.598. The zero-order valence-electron chi connectivity index (χ0n) is 19.5. The fraction of sp³-hybridized carbons (Fsp3) is 0.360. The molecule has 1 N–H and O–H groups in total.